The third kappa shape index (κ3) is 16.5. The molecule has 0 aromatic heterocycles. The molecule has 0 spiro atoms. The van der Waals surface area contributed by atoms with Crippen molar-refractivity contribution >= 4 is 5.97 Å². The van der Waals surface area contributed by atoms with E-state index in [2.05, 4.69) is 48.3 Å². The maximum absolute atomic E-state index is 10.4. The van der Waals surface area contributed by atoms with Gasteiger partial charge in [-0.25, -0.2) is 4.89 Å². The van der Waals surface area contributed by atoms with Gasteiger partial charge in [-0.3, -0.25) is 10.1 Å². The topological polar surface area (TPSA) is 66.8 Å². The first kappa shape index (κ1) is 22.1. The third-order valence-corrected chi connectivity index (χ3v) is 3.14. The molecule has 0 aliphatic heterocycles. The first-order valence-electron chi connectivity index (χ1n) is 8.51. The molecule has 0 aromatic rings. The molecule has 0 rings (SSSR count). The van der Waals surface area contributed by atoms with Gasteiger partial charge in [-0.15, -0.1) is 0 Å². The highest BCUT2D eigenvalue weighted by molar-refractivity contribution is 5.66. The van der Waals surface area contributed by atoms with Gasteiger partial charge in [0.15, 0.2) is 0 Å². The number of carboxylic acids is 1. The normalized spacial score (nSPS) is 14.1. The fourth-order valence-corrected chi connectivity index (χ4v) is 1.87. The van der Waals surface area contributed by atoms with Crippen LogP contribution in [-0.2, 0) is 9.68 Å². The summed E-state index contributed by atoms with van der Waals surface area (Å²) in [5.74, 6) is -0.838. The summed E-state index contributed by atoms with van der Waals surface area (Å²) >= 11 is 0. The van der Waals surface area contributed by atoms with Crippen molar-refractivity contribution in [3.8, 4) is 0 Å². The van der Waals surface area contributed by atoms with Gasteiger partial charge >= 0.3 is 5.97 Å². The summed E-state index contributed by atoms with van der Waals surface area (Å²) in [4.78, 5) is 14.7. The van der Waals surface area contributed by atoms with Crippen LogP contribution in [0, 0.1) is 0 Å². The molecule has 0 fully saturated rings. The number of hydrogen-bond donors (Lipinski definition) is 2. The number of carbonyl (C=O) groups is 1. The lowest BCUT2D eigenvalue weighted by atomic mass is 10.1. The minimum absolute atomic E-state index is 0.0810. The van der Waals surface area contributed by atoms with Gasteiger partial charge in [0.05, 0.1) is 0 Å². The first-order chi connectivity index (χ1) is 11.7. The summed E-state index contributed by atoms with van der Waals surface area (Å²) in [6.45, 7) is 2.13. The lowest BCUT2D eigenvalue weighted by molar-refractivity contribution is -0.267. The summed E-state index contributed by atoms with van der Waals surface area (Å²) in [7, 11) is 0. The van der Waals surface area contributed by atoms with Crippen LogP contribution in [0.25, 0.3) is 0 Å². The molecule has 4 heteroatoms. The van der Waals surface area contributed by atoms with Crippen molar-refractivity contribution < 1.29 is 20.0 Å². The SMILES string of the molecule is CCC=CCC=CCC=CCC=CC=C[C@H](CCCC(=O)O)OO. The van der Waals surface area contributed by atoms with Crippen molar-refractivity contribution in [2.75, 3.05) is 0 Å². The van der Waals surface area contributed by atoms with Gasteiger partial charge in [0.2, 0.25) is 0 Å². The molecule has 1 atom stereocenters. The van der Waals surface area contributed by atoms with Crippen molar-refractivity contribution in [1.82, 2.24) is 0 Å². The zero-order valence-electron chi connectivity index (χ0n) is 14.5. The van der Waals surface area contributed by atoms with E-state index in [9.17, 15) is 4.79 Å². The number of aliphatic carboxylic acids is 1. The molecular weight excluding hydrogens is 304 g/mol. The van der Waals surface area contributed by atoms with E-state index in [1.165, 1.54) is 0 Å². The molecule has 0 aliphatic carbocycles. The smallest absolute Gasteiger partial charge is 0.303 e. The Morgan fingerprint density at radius 2 is 1.54 bits per heavy atom. The first-order valence-corrected chi connectivity index (χ1v) is 8.51. The highest BCUT2D eigenvalue weighted by atomic mass is 17.1. The number of allylic oxidation sites excluding steroid dienone is 9. The highest BCUT2D eigenvalue weighted by Gasteiger charge is 2.05. The van der Waals surface area contributed by atoms with Crippen LogP contribution < -0.4 is 0 Å². The Balaban J connectivity index is 3.79. The Morgan fingerprint density at radius 3 is 2.08 bits per heavy atom. The Kier molecular flexibility index (Phi) is 16.1. The standard InChI is InChI=1S/C20H30O4/c1-2-3-4-5-6-7-8-9-10-11-12-13-14-16-19(24-23)17-15-18-20(21)22/h3-4,6-7,9-10,12-14,16,19,23H,2,5,8,11,15,17-18H2,1H3,(H,21,22)/t19-/m1/s1. The van der Waals surface area contributed by atoms with Gasteiger partial charge in [0.1, 0.15) is 6.10 Å². The summed E-state index contributed by atoms with van der Waals surface area (Å²) in [5.41, 5.74) is 0. The van der Waals surface area contributed by atoms with Crippen molar-refractivity contribution in [3.63, 3.8) is 0 Å². The Morgan fingerprint density at radius 1 is 0.958 bits per heavy atom. The maximum Gasteiger partial charge on any atom is 0.303 e. The molecule has 0 unspecified atom stereocenters. The van der Waals surface area contributed by atoms with E-state index in [1.54, 1.807) is 12.2 Å². The molecule has 134 valence electrons. The second-order valence-electron chi connectivity index (χ2n) is 5.27. The molecule has 0 bridgehead atoms. The Labute approximate surface area is 145 Å². The molecule has 0 aliphatic rings. The fourth-order valence-electron chi connectivity index (χ4n) is 1.87. The number of carboxylic acid groups (broad SMARTS) is 1. The van der Waals surface area contributed by atoms with E-state index in [0.29, 0.717) is 12.8 Å². The molecule has 0 amide bonds. The summed E-state index contributed by atoms with van der Waals surface area (Å²) in [6.07, 6.45) is 24.7. The van der Waals surface area contributed by atoms with Crippen molar-refractivity contribution in [2.45, 2.75) is 58.0 Å². The van der Waals surface area contributed by atoms with Crippen LogP contribution in [0.1, 0.15) is 51.9 Å². The predicted octanol–water partition coefficient (Wildman–Crippen LogP) is 5.46. The molecule has 0 heterocycles. The van der Waals surface area contributed by atoms with Gasteiger partial charge in [-0.1, -0.05) is 67.7 Å². The van der Waals surface area contributed by atoms with Gasteiger partial charge in [0, 0.05) is 6.42 Å². The quantitative estimate of drug-likeness (QED) is 0.191. The van der Waals surface area contributed by atoms with Crippen LogP contribution in [0.3, 0.4) is 0 Å². The molecule has 2 N–H and O–H groups in total. The summed E-state index contributed by atoms with van der Waals surface area (Å²) in [5, 5.41) is 17.3. The van der Waals surface area contributed by atoms with E-state index in [4.69, 9.17) is 10.4 Å². The molecule has 24 heavy (non-hydrogen) atoms. The lowest BCUT2D eigenvalue weighted by Gasteiger charge is -2.06. The van der Waals surface area contributed by atoms with E-state index in [1.807, 2.05) is 12.2 Å². The van der Waals surface area contributed by atoms with Crippen molar-refractivity contribution in [1.29, 1.82) is 0 Å². The largest absolute Gasteiger partial charge is 0.481 e. The van der Waals surface area contributed by atoms with Crippen LogP contribution in [0.15, 0.2) is 60.8 Å². The average molecular weight is 334 g/mol. The molecule has 0 saturated carbocycles. The van der Waals surface area contributed by atoms with Gasteiger partial charge in [-0.2, -0.15) is 0 Å². The monoisotopic (exact) mass is 334 g/mol. The van der Waals surface area contributed by atoms with E-state index in [-0.39, 0.29) is 6.42 Å². The molecule has 0 saturated heterocycles. The Bertz CT molecular complexity index is 445. The second kappa shape index (κ2) is 17.4. The van der Waals surface area contributed by atoms with Gasteiger partial charge in [0.25, 0.3) is 0 Å². The zero-order chi connectivity index (χ0) is 17.9. The van der Waals surface area contributed by atoms with E-state index in [0.717, 1.165) is 25.7 Å². The molecule has 0 radical (unpaired) electrons. The van der Waals surface area contributed by atoms with Gasteiger partial charge < -0.3 is 5.11 Å². The van der Waals surface area contributed by atoms with Crippen LogP contribution >= 0.6 is 0 Å². The number of rotatable bonds is 14. The van der Waals surface area contributed by atoms with Crippen molar-refractivity contribution in [2.24, 2.45) is 0 Å². The molecule has 4 nitrogen and oxygen atoms in total. The Hall–Kier alpha value is -1.91. The minimum Gasteiger partial charge on any atom is -0.481 e. The second-order valence-corrected chi connectivity index (χ2v) is 5.27. The highest BCUT2D eigenvalue weighted by Crippen LogP contribution is 2.06. The number of hydrogen-bond acceptors (Lipinski definition) is 3. The van der Waals surface area contributed by atoms with Crippen molar-refractivity contribution in [3.05, 3.63) is 60.8 Å². The summed E-state index contributed by atoms with van der Waals surface area (Å²) < 4.78 is 0. The fraction of sp³-hybridized carbons (Fsp3) is 0.450. The lowest BCUT2D eigenvalue weighted by Crippen LogP contribution is -2.08. The molecule has 0 aromatic carbocycles. The zero-order valence-corrected chi connectivity index (χ0v) is 14.5. The van der Waals surface area contributed by atoms with Crippen LogP contribution in [0.5, 0.6) is 0 Å². The van der Waals surface area contributed by atoms with Gasteiger partial charge in [-0.05, 0) is 38.5 Å². The van der Waals surface area contributed by atoms with Crippen LogP contribution in [0.2, 0.25) is 0 Å². The molecular formula is C20H30O4. The minimum atomic E-state index is -0.838. The van der Waals surface area contributed by atoms with Crippen LogP contribution in [-0.4, -0.2) is 22.4 Å². The predicted molar refractivity (Wildman–Crippen MR) is 98.8 cm³/mol. The average Bonchev–Trinajstić information content (AvgIpc) is 2.57. The summed E-state index contributed by atoms with van der Waals surface area (Å²) in [6, 6.07) is 0. The van der Waals surface area contributed by atoms with Crippen LogP contribution in [0.4, 0.5) is 0 Å². The van der Waals surface area contributed by atoms with E-state index >= 15 is 0 Å². The third-order valence-electron chi connectivity index (χ3n) is 3.14. The van der Waals surface area contributed by atoms with E-state index < -0.39 is 12.1 Å². The maximum atomic E-state index is 10.4.